The standard InChI is InChI=1S/C26H21FN2O3S/c1-30-23-12-11-17(13-25(23)31-2)15-29-21(24-14-18-7-3-6-10-22(18)32-24)16-33-26(29)28-20-9-5-4-8-19(20)27/h3-14,16H,15H2,1-2H3. The van der Waals surface area contributed by atoms with Crippen LogP contribution in [0.25, 0.3) is 22.4 Å². The second-order valence-corrected chi connectivity index (χ2v) is 8.23. The van der Waals surface area contributed by atoms with Crippen LogP contribution in [-0.2, 0) is 6.54 Å². The number of fused-ring (bicyclic) bond motifs is 1. The Balaban J connectivity index is 1.66. The van der Waals surface area contributed by atoms with Crippen LogP contribution in [-0.4, -0.2) is 18.8 Å². The smallest absolute Gasteiger partial charge is 0.190 e. The van der Waals surface area contributed by atoms with Crippen molar-refractivity contribution in [1.82, 2.24) is 4.57 Å². The normalized spacial score (nSPS) is 11.8. The van der Waals surface area contributed by atoms with Gasteiger partial charge in [-0.05, 0) is 42.0 Å². The van der Waals surface area contributed by atoms with Gasteiger partial charge in [0, 0.05) is 10.8 Å². The molecule has 0 radical (unpaired) electrons. The summed E-state index contributed by atoms with van der Waals surface area (Å²) >= 11 is 1.43. The van der Waals surface area contributed by atoms with Crippen LogP contribution in [0.2, 0.25) is 0 Å². The lowest BCUT2D eigenvalue weighted by atomic mass is 10.2. The molecular weight excluding hydrogens is 439 g/mol. The van der Waals surface area contributed by atoms with E-state index in [0.717, 1.165) is 28.0 Å². The molecule has 0 saturated carbocycles. The molecule has 3 aromatic carbocycles. The van der Waals surface area contributed by atoms with E-state index in [-0.39, 0.29) is 11.5 Å². The number of halogens is 1. The molecule has 7 heteroatoms. The largest absolute Gasteiger partial charge is 0.493 e. The minimum absolute atomic E-state index is 0.288. The molecule has 0 bridgehead atoms. The predicted molar refractivity (Wildman–Crippen MR) is 128 cm³/mol. The summed E-state index contributed by atoms with van der Waals surface area (Å²) < 4.78 is 33.3. The summed E-state index contributed by atoms with van der Waals surface area (Å²) in [5.74, 6) is 1.66. The van der Waals surface area contributed by atoms with Gasteiger partial charge in [-0.25, -0.2) is 9.38 Å². The zero-order valence-electron chi connectivity index (χ0n) is 18.1. The summed E-state index contributed by atoms with van der Waals surface area (Å²) in [6.07, 6.45) is 0. The summed E-state index contributed by atoms with van der Waals surface area (Å²) in [6, 6.07) is 22.2. The highest BCUT2D eigenvalue weighted by molar-refractivity contribution is 7.07. The molecule has 0 aliphatic heterocycles. The molecule has 33 heavy (non-hydrogen) atoms. The highest BCUT2D eigenvalue weighted by Crippen LogP contribution is 2.31. The quantitative estimate of drug-likeness (QED) is 0.295. The third-order valence-corrected chi connectivity index (χ3v) is 6.20. The third kappa shape index (κ3) is 4.15. The van der Waals surface area contributed by atoms with Gasteiger partial charge in [-0.2, -0.15) is 0 Å². The van der Waals surface area contributed by atoms with Crippen LogP contribution in [0.3, 0.4) is 0 Å². The Bertz CT molecular complexity index is 1470. The van der Waals surface area contributed by atoms with Crippen LogP contribution < -0.4 is 14.3 Å². The van der Waals surface area contributed by atoms with Gasteiger partial charge in [-0.15, -0.1) is 11.3 Å². The molecule has 0 aliphatic rings. The number of aromatic nitrogens is 1. The summed E-state index contributed by atoms with van der Waals surface area (Å²) in [7, 11) is 3.22. The molecule has 0 spiro atoms. The lowest BCUT2D eigenvalue weighted by molar-refractivity contribution is 0.354. The molecule has 5 aromatic rings. The lowest BCUT2D eigenvalue weighted by Gasteiger charge is -2.12. The van der Waals surface area contributed by atoms with E-state index in [1.54, 1.807) is 32.4 Å². The summed E-state index contributed by atoms with van der Waals surface area (Å²) in [4.78, 5) is 5.28. The number of thiazole rings is 1. The Morgan fingerprint density at radius 3 is 2.52 bits per heavy atom. The zero-order chi connectivity index (χ0) is 22.8. The lowest BCUT2D eigenvalue weighted by Crippen LogP contribution is -2.16. The number of hydrogen-bond donors (Lipinski definition) is 0. The van der Waals surface area contributed by atoms with Gasteiger partial charge in [0.2, 0.25) is 0 Å². The number of benzene rings is 3. The fourth-order valence-electron chi connectivity index (χ4n) is 3.68. The molecule has 5 rings (SSSR count). The van der Waals surface area contributed by atoms with Crippen LogP contribution in [0.1, 0.15) is 5.56 Å². The number of rotatable bonds is 6. The van der Waals surface area contributed by atoms with E-state index < -0.39 is 0 Å². The van der Waals surface area contributed by atoms with E-state index in [4.69, 9.17) is 13.9 Å². The average Bonchev–Trinajstić information content (AvgIpc) is 3.44. The maximum absolute atomic E-state index is 14.3. The van der Waals surface area contributed by atoms with Crippen LogP contribution in [0.15, 0.2) is 87.6 Å². The SMILES string of the molecule is COc1ccc(Cn2c(-c3cc4ccccc4o3)csc2=Nc2ccccc2F)cc1OC. The first-order valence-electron chi connectivity index (χ1n) is 10.3. The Labute approximate surface area is 194 Å². The number of nitrogens with zero attached hydrogens (tertiary/aromatic N) is 2. The minimum Gasteiger partial charge on any atom is -0.493 e. The molecular formula is C26H21FN2O3S. The van der Waals surface area contributed by atoms with E-state index in [1.807, 2.05) is 58.5 Å². The second kappa shape index (κ2) is 8.96. The maximum Gasteiger partial charge on any atom is 0.190 e. The number of methoxy groups -OCH3 is 2. The minimum atomic E-state index is -0.367. The average molecular weight is 461 g/mol. The number of ether oxygens (including phenoxy) is 2. The molecule has 0 fully saturated rings. The van der Waals surface area contributed by atoms with Crippen molar-refractivity contribution in [2.45, 2.75) is 6.54 Å². The van der Waals surface area contributed by atoms with Gasteiger partial charge in [0.05, 0.1) is 26.5 Å². The highest BCUT2D eigenvalue weighted by Gasteiger charge is 2.15. The third-order valence-electron chi connectivity index (χ3n) is 5.33. The van der Waals surface area contributed by atoms with Gasteiger partial charge in [-0.1, -0.05) is 36.4 Å². The molecule has 166 valence electrons. The Kier molecular flexibility index (Phi) is 5.71. The van der Waals surface area contributed by atoms with Gasteiger partial charge in [-0.3, -0.25) is 0 Å². The number of hydrogen-bond acceptors (Lipinski definition) is 5. The fourth-order valence-corrected chi connectivity index (χ4v) is 4.59. The summed E-state index contributed by atoms with van der Waals surface area (Å²) in [6.45, 7) is 0.490. The molecule has 0 unspecified atom stereocenters. The van der Waals surface area contributed by atoms with E-state index in [1.165, 1.54) is 17.4 Å². The van der Waals surface area contributed by atoms with Crippen molar-refractivity contribution >= 4 is 28.0 Å². The van der Waals surface area contributed by atoms with E-state index in [2.05, 4.69) is 4.99 Å². The van der Waals surface area contributed by atoms with Crippen LogP contribution in [0, 0.1) is 5.82 Å². The van der Waals surface area contributed by atoms with Crippen molar-refractivity contribution < 1.29 is 18.3 Å². The molecule has 0 aliphatic carbocycles. The molecule has 5 nitrogen and oxygen atoms in total. The zero-order valence-corrected chi connectivity index (χ0v) is 18.9. The Morgan fingerprint density at radius 2 is 1.73 bits per heavy atom. The first-order chi connectivity index (χ1) is 16.2. The molecule has 2 heterocycles. The molecule has 0 amide bonds. The Hall–Kier alpha value is -3.84. The summed E-state index contributed by atoms with van der Waals surface area (Å²) in [5.41, 5.74) is 2.94. The van der Waals surface area contributed by atoms with Gasteiger partial charge in [0.15, 0.2) is 22.1 Å². The van der Waals surface area contributed by atoms with Crippen molar-refractivity contribution in [3.05, 3.63) is 94.4 Å². The van der Waals surface area contributed by atoms with Crippen LogP contribution >= 0.6 is 11.3 Å². The maximum atomic E-state index is 14.3. The predicted octanol–water partition coefficient (Wildman–Crippen LogP) is 6.40. The van der Waals surface area contributed by atoms with Crippen LogP contribution in [0.4, 0.5) is 10.1 Å². The van der Waals surface area contributed by atoms with Crippen LogP contribution in [0.5, 0.6) is 11.5 Å². The number of furan rings is 1. The summed E-state index contributed by atoms with van der Waals surface area (Å²) in [5, 5.41) is 3.00. The van der Waals surface area contributed by atoms with Crippen molar-refractivity contribution in [2.24, 2.45) is 4.99 Å². The van der Waals surface area contributed by atoms with Crippen molar-refractivity contribution in [1.29, 1.82) is 0 Å². The first kappa shape index (κ1) is 21.0. The second-order valence-electron chi connectivity index (χ2n) is 7.39. The van der Waals surface area contributed by atoms with E-state index in [9.17, 15) is 4.39 Å². The van der Waals surface area contributed by atoms with Gasteiger partial charge >= 0.3 is 0 Å². The highest BCUT2D eigenvalue weighted by atomic mass is 32.1. The van der Waals surface area contributed by atoms with Gasteiger partial charge in [0.25, 0.3) is 0 Å². The molecule has 0 N–H and O–H groups in total. The van der Waals surface area contributed by atoms with Gasteiger partial charge < -0.3 is 18.5 Å². The van der Waals surface area contributed by atoms with E-state index in [0.29, 0.717) is 22.8 Å². The van der Waals surface area contributed by atoms with E-state index >= 15 is 0 Å². The monoisotopic (exact) mass is 460 g/mol. The molecule has 0 atom stereocenters. The molecule has 0 saturated heterocycles. The topological polar surface area (TPSA) is 48.9 Å². The van der Waals surface area contributed by atoms with Crippen molar-refractivity contribution in [2.75, 3.05) is 14.2 Å². The Morgan fingerprint density at radius 1 is 0.939 bits per heavy atom. The fraction of sp³-hybridized carbons (Fsp3) is 0.115. The van der Waals surface area contributed by atoms with Gasteiger partial charge in [0.1, 0.15) is 17.1 Å². The van der Waals surface area contributed by atoms with Crippen molar-refractivity contribution in [3.63, 3.8) is 0 Å². The first-order valence-corrected chi connectivity index (χ1v) is 11.2. The molecule has 2 aromatic heterocycles. The van der Waals surface area contributed by atoms with Crippen molar-refractivity contribution in [3.8, 4) is 23.0 Å². The number of para-hydroxylation sites is 2.